The Hall–Kier alpha value is -2.03. The molecule has 0 aromatic heterocycles. The van der Waals surface area contributed by atoms with Gasteiger partial charge in [0.05, 0.1) is 7.11 Å². The Kier molecular flexibility index (Phi) is 2.52. The molecule has 0 saturated carbocycles. The fourth-order valence-corrected chi connectivity index (χ4v) is 1.73. The first-order valence-corrected chi connectivity index (χ1v) is 4.93. The topological polar surface area (TPSA) is 46.5 Å². The van der Waals surface area contributed by atoms with E-state index >= 15 is 0 Å². The maximum absolute atomic E-state index is 11.0. The molecule has 0 bridgehead atoms. The highest BCUT2D eigenvalue weighted by atomic mass is 16.5. The van der Waals surface area contributed by atoms with E-state index in [1.807, 2.05) is 25.1 Å². The molecule has 0 aliphatic rings. The van der Waals surface area contributed by atoms with Crippen molar-refractivity contribution < 1.29 is 14.6 Å². The van der Waals surface area contributed by atoms with Gasteiger partial charge >= 0.3 is 5.97 Å². The number of fused-ring (bicyclic) bond motifs is 1. The van der Waals surface area contributed by atoms with E-state index in [4.69, 9.17) is 9.84 Å². The first-order valence-electron chi connectivity index (χ1n) is 4.93. The molecule has 0 heterocycles. The second-order valence-electron chi connectivity index (χ2n) is 3.71. The van der Waals surface area contributed by atoms with E-state index in [9.17, 15) is 4.79 Å². The molecule has 0 spiro atoms. The summed E-state index contributed by atoms with van der Waals surface area (Å²) in [5.41, 5.74) is 1.30. The van der Waals surface area contributed by atoms with Crippen molar-refractivity contribution in [3.63, 3.8) is 0 Å². The highest BCUT2D eigenvalue weighted by Crippen LogP contribution is 2.26. The van der Waals surface area contributed by atoms with E-state index in [-0.39, 0.29) is 5.56 Å². The lowest BCUT2D eigenvalue weighted by atomic mass is 10.0. The first kappa shape index (κ1) is 10.5. The highest BCUT2D eigenvalue weighted by Gasteiger charge is 2.11. The minimum atomic E-state index is -0.972. The van der Waals surface area contributed by atoms with Crippen molar-refractivity contribution in [1.29, 1.82) is 0 Å². The lowest BCUT2D eigenvalue weighted by molar-refractivity contribution is 0.0693. The summed E-state index contributed by atoms with van der Waals surface area (Å²) in [6.07, 6.45) is 0. The standard InChI is InChI=1S/C13H12O3/c1-8-3-4-9-7-12(16-2)11(13(14)15)6-10(9)5-8/h3-7H,1-2H3,(H,14,15). The third-order valence-corrected chi connectivity index (χ3v) is 2.54. The van der Waals surface area contributed by atoms with Crippen LogP contribution in [0.4, 0.5) is 0 Å². The van der Waals surface area contributed by atoms with E-state index in [1.165, 1.54) is 7.11 Å². The van der Waals surface area contributed by atoms with Crippen molar-refractivity contribution in [1.82, 2.24) is 0 Å². The normalized spacial score (nSPS) is 10.4. The van der Waals surface area contributed by atoms with E-state index in [0.717, 1.165) is 16.3 Å². The van der Waals surface area contributed by atoms with Crippen LogP contribution in [0.5, 0.6) is 5.75 Å². The SMILES string of the molecule is COc1cc2ccc(C)cc2cc1C(=O)O. The summed E-state index contributed by atoms with van der Waals surface area (Å²) in [5, 5.41) is 10.9. The molecular weight excluding hydrogens is 204 g/mol. The zero-order chi connectivity index (χ0) is 11.7. The Balaban J connectivity index is 2.75. The maximum atomic E-state index is 11.0. The summed E-state index contributed by atoms with van der Waals surface area (Å²) in [4.78, 5) is 11.0. The number of ether oxygens (including phenoxy) is 1. The fourth-order valence-electron chi connectivity index (χ4n) is 1.73. The van der Waals surface area contributed by atoms with Crippen LogP contribution in [0.2, 0.25) is 0 Å². The second-order valence-corrected chi connectivity index (χ2v) is 3.71. The van der Waals surface area contributed by atoms with Gasteiger partial charge in [0.1, 0.15) is 11.3 Å². The molecule has 0 amide bonds. The van der Waals surface area contributed by atoms with Crippen LogP contribution >= 0.6 is 0 Å². The largest absolute Gasteiger partial charge is 0.496 e. The Bertz CT molecular complexity index is 558. The number of carbonyl (C=O) groups is 1. The number of methoxy groups -OCH3 is 1. The number of carboxylic acids is 1. The molecule has 2 rings (SSSR count). The molecule has 0 radical (unpaired) electrons. The Morgan fingerprint density at radius 1 is 1.19 bits per heavy atom. The summed E-state index contributed by atoms with van der Waals surface area (Å²) >= 11 is 0. The van der Waals surface area contributed by atoms with Crippen LogP contribution in [0.25, 0.3) is 10.8 Å². The van der Waals surface area contributed by atoms with Gasteiger partial charge in [0, 0.05) is 0 Å². The van der Waals surface area contributed by atoms with Crippen LogP contribution in [0, 0.1) is 6.92 Å². The molecular formula is C13H12O3. The van der Waals surface area contributed by atoms with Gasteiger partial charge in [0.2, 0.25) is 0 Å². The molecule has 2 aromatic carbocycles. The van der Waals surface area contributed by atoms with Gasteiger partial charge in [-0.1, -0.05) is 23.8 Å². The van der Waals surface area contributed by atoms with Gasteiger partial charge in [-0.15, -0.1) is 0 Å². The number of aryl methyl sites for hydroxylation is 1. The van der Waals surface area contributed by atoms with Gasteiger partial charge in [-0.25, -0.2) is 4.79 Å². The molecule has 16 heavy (non-hydrogen) atoms. The van der Waals surface area contributed by atoms with Gasteiger partial charge < -0.3 is 9.84 Å². The zero-order valence-electron chi connectivity index (χ0n) is 9.15. The van der Waals surface area contributed by atoms with Gasteiger partial charge in [0.25, 0.3) is 0 Å². The van der Waals surface area contributed by atoms with Gasteiger partial charge in [-0.3, -0.25) is 0 Å². The number of hydrogen-bond donors (Lipinski definition) is 1. The van der Waals surface area contributed by atoms with Crippen molar-refractivity contribution in [2.75, 3.05) is 7.11 Å². The number of aromatic carboxylic acids is 1. The second kappa shape index (κ2) is 3.85. The summed E-state index contributed by atoms with van der Waals surface area (Å²) < 4.78 is 5.06. The molecule has 1 N–H and O–H groups in total. The fraction of sp³-hybridized carbons (Fsp3) is 0.154. The lowest BCUT2D eigenvalue weighted by Gasteiger charge is -2.07. The Morgan fingerprint density at radius 2 is 1.94 bits per heavy atom. The van der Waals surface area contributed by atoms with Crippen LogP contribution < -0.4 is 4.74 Å². The Labute approximate surface area is 93.3 Å². The molecule has 82 valence electrons. The van der Waals surface area contributed by atoms with E-state index in [2.05, 4.69) is 0 Å². The van der Waals surface area contributed by atoms with Crippen molar-refractivity contribution >= 4 is 16.7 Å². The van der Waals surface area contributed by atoms with Crippen LogP contribution in [0.1, 0.15) is 15.9 Å². The summed E-state index contributed by atoms with van der Waals surface area (Å²) in [5.74, 6) is -0.580. The number of rotatable bonds is 2. The molecule has 3 heteroatoms. The molecule has 0 aliphatic heterocycles. The summed E-state index contributed by atoms with van der Waals surface area (Å²) in [7, 11) is 1.47. The summed E-state index contributed by atoms with van der Waals surface area (Å²) in [6.45, 7) is 1.98. The molecule has 0 atom stereocenters. The number of benzene rings is 2. The quantitative estimate of drug-likeness (QED) is 0.839. The van der Waals surface area contributed by atoms with Crippen LogP contribution in [0.3, 0.4) is 0 Å². The van der Waals surface area contributed by atoms with Crippen molar-refractivity contribution in [2.45, 2.75) is 6.92 Å². The van der Waals surface area contributed by atoms with Crippen LogP contribution in [0.15, 0.2) is 30.3 Å². The van der Waals surface area contributed by atoms with Gasteiger partial charge in [-0.05, 0) is 29.8 Å². The van der Waals surface area contributed by atoms with Crippen molar-refractivity contribution in [2.24, 2.45) is 0 Å². The molecule has 0 aliphatic carbocycles. The predicted octanol–water partition coefficient (Wildman–Crippen LogP) is 2.86. The minimum Gasteiger partial charge on any atom is -0.496 e. The third-order valence-electron chi connectivity index (χ3n) is 2.54. The third kappa shape index (κ3) is 1.72. The lowest BCUT2D eigenvalue weighted by Crippen LogP contribution is -2.00. The van der Waals surface area contributed by atoms with E-state index in [0.29, 0.717) is 5.75 Å². The average molecular weight is 216 g/mol. The molecule has 0 saturated heterocycles. The average Bonchev–Trinajstić information content (AvgIpc) is 2.27. The Morgan fingerprint density at radius 3 is 2.56 bits per heavy atom. The maximum Gasteiger partial charge on any atom is 0.339 e. The van der Waals surface area contributed by atoms with Crippen LogP contribution in [-0.2, 0) is 0 Å². The molecule has 0 unspecified atom stereocenters. The molecule has 3 nitrogen and oxygen atoms in total. The number of carboxylic acid groups (broad SMARTS) is 1. The van der Waals surface area contributed by atoms with Gasteiger partial charge in [0.15, 0.2) is 0 Å². The first-order chi connectivity index (χ1) is 7.61. The van der Waals surface area contributed by atoms with E-state index in [1.54, 1.807) is 12.1 Å². The summed E-state index contributed by atoms with van der Waals surface area (Å²) in [6, 6.07) is 9.30. The minimum absolute atomic E-state index is 0.195. The van der Waals surface area contributed by atoms with Crippen LogP contribution in [-0.4, -0.2) is 18.2 Å². The predicted molar refractivity (Wildman–Crippen MR) is 62.2 cm³/mol. The van der Waals surface area contributed by atoms with Crippen molar-refractivity contribution in [3.8, 4) is 5.75 Å². The number of hydrogen-bond acceptors (Lipinski definition) is 2. The zero-order valence-corrected chi connectivity index (χ0v) is 9.15. The molecule has 0 fully saturated rings. The molecule has 2 aromatic rings. The van der Waals surface area contributed by atoms with Gasteiger partial charge in [-0.2, -0.15) is 0 Å². The monoisotopic (exact) mass is 216 g/mol. The van der Waals surface area contributed by atoms with Crippen molar-refractivity contribution in [3.05, 3.63) is 41.5 Å². The van der Waals surface area contributed by atoms with E-state index < -0.39 is 5.97 Å². The highest BCUT2D eigenvalue weighted by molar-refractivity contribution is 5.97. The smallest absolute Gasteiger partial charge is 0.339 e.